The van der Waals surface area contributed by atoms with Crippen LogP contribution in [0.1, 0.15) is 33.1 Å². The van der Waals surface area contributed by atoms with Gasteiger partial charge in [0.05, 0.1) is 13.0 Å². The molecule has 0 radical (unpaired) electrons. The first kappa shape index (κ1) is 14.6. The first-order valence-electron chi connectivity index (χ1n) is 5.18. The van der Waals surface area contributed by atoms with Gasteiger partial charge in [0.15, 0.2) is 0 Å². The van der Waals surface area contributed by atoms with Gasteiger partial charge in [-0.15, -0.1) is 0 Å². The van der Waals surface area contributed by atoms with Crippen LogP contribution >= 0.6 is 0 Å². The monoisotopic (exact) mass is 230 g/mol. The molecule has 5 nitrogen and oxygen atoms in total. The van der Waals surface area contributed by atoms with Gasteiger partial charge >= 0.3 is 11.9 Å². The molecule has 0 aromatic heterocycles. The van der Waals surface area contributed by atoms with E-state index < -0.39 is 0 Å². The van der Waals surface area contributed by atoms with Crippen LogP contribution in [0, 0.1) is 5.92 Å². The van der Waals surface area contributed by atoms with E-state index in [4.69, 9.17) is 4.74 Å². The SMILES string of the molecule is CC(=O)OCC1CCCC1=O.COC(C)=O. The highest BCUT2D eigenvalue weighted by atomic mass is 16.5. The number of hydrogen-bond donors (Lipinski definition) is 0. The summed E-state index contributed by atoms with van der Waals surface area (Å²) in [6, 6.07) is 0. The van der Waals surface area contributed by atoms with E-state index in [1.54, 1.807) is 0 Å². The number of carbonyl (C=O) groups excluding carboxylic acids is 3. The molecule has 0 N–H and O–H groups in total. The summed E-state index contributed by atoms with van der Waals surface area (Å²) in [5, 5.41) is 0. The average molecular weight is 230 g/mol. The van der Waals surface area contributed by atoms with Gasteiger partial charge in [0.1, 0.15) is 12.4 Å². The molecular formula is C11H18O5. The Morgan fingerprint density at radius 3 is 2.19 bits per heavy atom. The number of ketones is 1. The second-order valence-electron chi connectivity index (χ2n) is 3.55. The number of rotatable bonds is 2. The van der Waals surface area contributed by atoms with Gasteiger partial charge in [0.2, 0.25) is 0 Å². The fourth-order valence-corrected chi connectivity index (χ4v) is 1.28. The molecule has 1 atom stereocenters. The largest absolute Gasteiger partial charge is 0.469 e. The topological polar surface area (TPSA) is 69.7 Å². The van der Waals surface area contributed by atoms with Crippen molar-refractivity contribution in [2.75, 3.05) is 13.7 Å². The fraction of sp³-hybridized carbons (Fsp3) is 0.727. The van der Waals surface area contributed by atoms with E-state index in [2.05, 4.69) is 4.74 Å². The normalized spacial score (nSPS) is 18.4. The third-order valence-corrected chi connectivity index (χ3v) is 2.21. The molecule has 1 rings (SSSR count). The van der Waals surface area contributed by atoms with Gasteiger partial charge in [-0.1, -0.05) is 0 Å². The van der Waals surface area contributed by atoms with Crippen LogP contribution in [0.15, 0.2) is 0 Å². The van der Waals surface area contributed by atoms with Crippen molar-refractivity contribution in [3.05, 3.63) is 0 Å². The Morgan fingerprint density at radius 1 is 1.31 bits per heavy atom. The van der Waals surface area contributed by atoms with Crippen LogP contribution in [0.4, 0.5) is 0 Å². The molecule has 0 saturated heterocycles. The summed E-state index contributed by atoms with van der Waals surface area (Å²) in [4.78, 5) is 31.0. The highest BCUT2D eigenvalue weighted by molar-refractivity contribution is 5.83. The molecule has 1 saturated carbocycles. The van der Waals surface area contributed by atoms with Crippen LogP contribution in [0.3, 0.4) is 0 Å². The molecule has 1 aliphatic rings. The highest BCUT2D eigenvalue weighted by Gasteiger charge is 2.24. The maximum absolute atomic E-state index is 11.0. The molecule has 0 spiro atoms. The van der Waals surface area contributed by atoms with Crippen LogP contribution in [0.2, 0.25) is 0 Å². The van der Waals surface area contributed by atoms with Crippen molar-refractivity contribution in [2.24, 2.45) is 5.92 Å². The van der Waals surface area contributed by atoms with E-state index in [9.17, 15) is 14.4 Å². The van der Waals surface area contributed by atoms with Crippen LogP contribution in [0.25, 0.3) is 0 Å². The van der Waals surface area contributed by atoms with Gasteiger partial charge in [-0.3, -0.25) is 14.4 Å². The highest BCUT2D eigenvalue weighted by Crippen LogP contribution is 2.21. The van der Waals surface area contributed by atoms with Crippen molar-refractivity contribution in [1.82, 2.24) is 0 Å². The van der Waals surface area contributed by atoms with Crippen molar-refractivity contribution in [3.63, 3.8) is 0 Å². The number of carbonyl (C=O) groups is 3. The second kappa shape index (κ2) is 7.84. The predicted molar refractivity (Wildman–Crippen MR) is 56.7 cm³/mol. The standard InChI is InChI=1S/C8H12O3.C3H6O2/c1-6(9)11-5-7-3-2-4-8(7)10;1-3(4)5-2/h7H,2-5H2,1H3;1-2H3. The molecule has 0 aliphatic heterocycles. The number of hydrogen-bond acceptors (Lipinski definition) is 5. The zero-order chi connectivity index (χ0) is 12.6. The van der Waals surface area contributed by atoms with Crippen molar-refractivity contribution >= 4 is 17.7 Å². The molecule has 0 amide bonds. The minimum atomic E-state index is -0.301. The first-order valence-corrected chi connectivity index (χ1v) is 5.18. The predicted octanol–water partition coefficient (Wildman–Crippen LogP) is 1.10. The average Bonchev–Trinajstić information content (AvgIpc) is 2.62. The molecule has 0 heterocycles. The van der Waals surface area contributed by atoms with Gasteiger partial charge in [-0.2, -0.15) is 0 Å². The minimum absolute atomic E-state index is 0.0149. The Hall–Kier alpha value is -1.39. The molecule has 5 heteroatoms. The van der Waals surface area contributed by atoms with Crippen LogP contribution in [-0.2, 0) is 23.9 Å². The zero-order valence-electron chi connectivity index (χ0n) is 9.95. The Kier molecular flexibility index (Phi) is 7.16. The number of ether oxygens (including phenoxy) is 2. The summed E-state index contributed by atoms with van der Waals surface area (Å²) < 4.78 is 8.85. The van der Waals surface area contributed by atoms with E-state index in [0.717, 1.165) is 12.8 Å². The molecular weight excluding hydrogens is 212 g/mol. The van der Waals surface area contributed by atoms with Crippen LogP contribution in [0.5, 0.6) is 0 Å². The Labute approximate surface area is 95.1 Å². The lowest BCUT2D eigenvalue weighted by Gasteiger charge is -2.06. The molecule has 1 fully saturated rings. The van der Waals surface area contributed by atoms with E-state index in [1.807, 2.05) is 0 Å². The quantitative estimate of drug-likeness (QED) is 0.664. The summed E-state index contributed by atoms with van der Waals surface area (Å²) in [5.74, 6) is -0.320. The maximum atomic E-state index is 11.0. The summed E-state index contributed by atoms with van der Waals surface area (Å²) in [5.41, 5.74) is 0. The van der Waals surface area contributed by atoms with Crippen molar-refractivity contribution in [3.8, 4) is 0 Å². The van der Waals surface area contributed by atoms with E-state index in [1.165, 1.54) is 21.0 Å². The minimum Gasteiger partial charge on any atom is -0.469 e. The van der Waals surface area contributed by atoms with Gasteiger partial charge in [-0.25, -0.2) is 0 Å². The van der Waals surface area contributed by atoms with Crippen molar-refractivity contribution in [1.29, 1.82) is 0 Å². The Bertz CT molecular complexity index is 259. The molecule has 16 heavy (non-hydrogen) atoms. The summed E-state index contributed by atoms with van der Waals surface area (Å²) in [7, 11) is 1.35. The smallest absolute Gasteiger partial charge is 0.302 e. The number of esters is 2. The maximum Gasteiger partial charge on any atom is 0.302 e. The van der Waals surface area contributed by atoms with Gasteiger partial charge in [0, 0.05) is 20.3 Å². The van der Waals surface area contributed by atoms with Crippen molar-refractivity contribution < 1.29 is 23.9 Å². The van der Waals surface area contributed by atoms with Crippen LogP contribution < -0.4 is 0 Å². The fourth-order valence-electron chi connectivity index (χ4n) is 1.28. The molecule has 0 bridgehead atoms. The molecule has 1 aliphatic carbocycles. The molecule has 0 aromatic carbocycles. The zero-order valence-corrected chi connectivity index (χ0v) is 9.95. The number of methoxy groups -OCH3 is 1. The first-order chi connectivity index (χ1) is 7.47. The lowest BCUT2D eigenvalue weighted by Crippen LogP contribution is -2.15. The Morgan fingerprint density at radius 2 is 1.88 bits per heavy atom. The lowest BCUT2D eigenvalue weighted by atomic mass is 10.1. The molecule has 1 unspecified atom stereocenters. The second-order valence-corrected chi connectivity index (χ2v) is 3.55. The van der Waals surface area contributed by atoms with Gasteiger partial charge in [0.25, 0.3) is 0 Å². The van der Waals surface area contributed by atoms with Crippen LogP contribution in [-0.4, -0.2) is 31.4 Å². The third-order valence-electron chi connectivity index (χ3n) is 2.21. The van der Waals surface area contributed by atoms with E-state index in [0.29, 0.717) is 6.42 Å². The molecule has 0 aromatic rings. The third kappa shape index (κ3) is 6.98. The summed E-state index contributed by atoms with van der Waals surface area (Å²) in [6.45, 7) is 3.01. The van der Waals surface area contributed by atoms with Gasteiger partial charge in [-0.05, 0) is 12.8 Å². The van der Waals surface area contributed by atoms with Crippen molar-refractivity contribution in [2.45, 2.75) is 33.1 Å². The summed E-state index contributed by atoms with van der Waals surface area (Å²) in [6.07, 6.45) is 2.49. The lowest BCUT2D eigenvalue weighted by molar-refractivity contribution is -0.143. The van der Waals surface area contributed by atoms with E-state index >= 15 is 0 Å². The van der Waals surface area contributed by atoms with E-state index in [-0.39, 0.29) is 30.2 Å². The molecule has 92 valence electrons. The van der Waals surface area contributed by atoms with Gasteiger partial charge < -0.3 is 9.47 Å². The Balaban J connectivity index is 0.000000385. The number of Topliss-reactive ketones (excluding diaryl/α,β-unsaturated/α-hetero) is 1. The summed E-state index contributed by atoms with van der Waals surface area (Å²) >= 11 is 0.